The summed E-state index contributed by atoms with van der Waals surface area (Å²) in [5.41, 5.74) is 0.752. The third-order valence-electron chi connectivity index (χ3n) is 3.97. The lowest BCUT2D eigenvalue weighted by molar-refractivity contribution is -0.126. The van der Waals surface area contributed by atoms with Gasteiger partial charge in [0.1, 0.15) is 5.75 Å². The van der Waals surface area contributed by atoms with Crippen molar-refractivity contribution in [3.63, 3.8) is 0 Å². The number of fused-ring (bicyclic) bond motifs is 1. The standard InChI is InChI=1S/C18H20N2O6S/c1-12(18(21)19-2)26-14-4-6-15(7-5-14)27(22,23)20-10-13-3-8-16-17(9-13)25-11-24-16/h3-9,12,20H,10-11H2,1-2H3,(H,19,21)/t12-/m0/s1. The molecule has 1 aliphatic heterocycles. The van der Waals surface area contributed by atoms with E-state index >= 15 is 0 Å². The molecule has 0 unspecified atom stereocenters. The lowest BCUT2D eigenvalue weighted by Crippen LogP contribution is -2.33. The monoisotopic (exact) mass is 392 g/mol. The van der Waals surface area contributed by atoms with Crippen molar-refractivity contribution in [1.29, 1.82) is 0 Å². The molecule has 144 valence electrons. The van der Waals surface area contributed by atoms with E-state index in [0.29, 0.717) is 17.2 Å². The highest BCUT2D eigenvalue weighted by Gasteiger charge is 2.17. The van der Waals surface area contributed by atoms with Crippen LogP contribution in [0.4, 0.5) is 0 Å². The Labute approximate surface area is 157 Å². The molecule has 0 fully saturated rings. The Balaban J connectivity index is 1.63. The van der Waals surface area contributed by atoms with Crippen LogP contribution in [0.25, 0.3) is 0 Å². The van der Waals surface area contributed by atoms with Crippen LogP contribution in [-0.2, 0) is 21.4 Å². The Morgan fingerprint density at radius 2 is 1.85 bits per heavy atom. The van der Waals surface area contributed by atoms with Gasteiger partial charge in [-0.05, 0) is 48.9 Å². The summed E-state index contributed by atoms with van der Waals surface area (Å²) in [7, 11) is -2.18. The number of sulfonamides is 1. The highest BCUT2D eigenvalue weighted by molar-refractivity contribution is 7.89. The van der Waals surface area contributed by atoms with Crippen molar-refractivity contribution in [1.82, 2.24) is 10.0 Å². The van der Waals surface area contributed by atoms with E-state index in [4.69, 9.17) is 14.2 Å². The molecule has 0 spiro atoms. The molecule has 0 saturated carbocycles. The first-order valence-corrected chi connectivity index (χ1v) is 9.74. The van der Waals surface area contributed by atoms with Gasteiger partial charge in [-0.25, -0.2) is 13.1 Å². The molecular formula is C18H20N2O6S. The molecule has 2 aromatic rings. The minimum atomic E-state index is -3.70. The van der Waals surface area contributed by atoms with Crippen molar-refractivity contribution in [2.45, 2.75) is 24.5 Å². The maximum Gasteiger partial charge on any atom is 0.260 e. The van der Waals surface area contributed by atoms with E-state index in [1.54, 1.807) is 25.1 Å². The zero-order chi connectivity index (χ0) is 19.4. The first kappa shape index (κ1) is 19.0. The molecule has 27 heavy (non-hydrogen) atoms. The Morgan fingerprint density at radius 1 is 1.15 bits per heavy atom. The third kappa shape index (κ3) is 4.50. The third-order valence-corrected chi connectivity index (χ3v) is 5.38. The number of hydrogen-bond acceptors (Lipinski definition) is 6. The summed E-state index contributed by atoms with van der Waals surface area (Å²) < 4.78 is 43.4. The molecule has 1 amide bonds. The number of ether oxygens (including phenoxy) is 3. The van der Waals surface area contributed by atoms with E-state index in [1.807, 2.05) is 0 Å². The van der Waals surface area contributed by atoms with Crippen molar-refractivity contribution < 1.29 is 27.4 Å². The van der Waals surface area contributed by atoms with Crippen LogP contribution in [0.1, 0.15) is 12.5 Å². The van der Waals surface area contributed by atoms with Gasteiger partial charge >= 0.3 is 0 Å². The smallest absolute Gasteiger partial charge is 0.260 e. The SMILES string of the molecule is CNC(=O)[C@H](C)Oc1ccc(S(=O)(=O)NCc2ccc3c(c2)OCO3)cc1. The van der Waals surface area contributed by atoms with Gasteiger partial charge in [-0.15, -0.1) is 0 Å². The van der Waals surface area contributed by atoms with E-state index < -0.39 is 16.1 Å². The molecule has 0 aliphatic carbocycles. The number of amides is 1. The minimum absolute atomic E-state index is 0.100. The Hall–Kier alpha value is -2.78. The molecule has 0 aromatic heterocycles. The van der Waals surface area contributed by atoms with Crippen LogP contribution in [-0.4, -0.2) is 34.3 Å². The van der Waals surface area contributed by atoms with Crippen LogP contribution in [0.5, 0.6) is 17.2 Å². The minimum Gasteiger partial charge on any atom is -0.481 e. The summed E-state index contributed by atoms with van der Waals surface area (Å²) >= 11 is 0. The van der Waals surface area contributed by atoms with Crippen LogP contribution >= 0.6 is 0 Å². The first-order valence-electron chi connectivity index (χ1n) is 8.25. The molecule has 3 rings (SSSR count). The van der Waals surface area contributed by atoms with Crippen LogP contribution in [0.3, 0.4) is 0 Å². The second-order valence-corrected chi connectivity index (χ2v) is 7.62. The number of nitrogens with one attached hydrogen (secondary N) is 2. The van der Waals surface area contributed by atoms with Gasteiger partial charge in [0.2, 0.25) is 16.8 Å². The van der Waals surface area contributed by atoms with Crippen LogP contribution in [0.2, 0.25) is 0 Å². The van der Waals surface area contributed by atoms with Crippen LogP contribution in [0, 0.1) is 0 Å². The molecule has 0 bridgehead atoms. The Bertz CT molecular complexity index is 927. The average molecular weight is 392 g/mol. The number of hydrogen-bond donors (Lipinski definition) is 2. The molecule has 1 aliphatic rings. The van der Waals surface area contributed by atoms with Crippen molar-refractivity contribution in [3.05, 3.63) is 48.0 Å². The van der Waals surface area contributed by atoms with Gasteiger partial charge in [-0.1, -0.05) is 6.07 Å². The first-order chi connectivity index (χ1) is 12.9. The molecule has 1 heterocycles. The predicted octanol–water partition coefficient (Wildman–Crippen LogP) is 1.41. The lowest BCUT2D eigenvalue weighted by atomic mass is 10.2. The van der Waals surface area contributed by atoms with Crippen LogP contribution in [0.15, 0.2) is 47.4 Å². The van der Waals surface area contributed by atoms with E-state index in [2.05, 4.69) is 10.0 Å². The largest absolute Gasteiger partial charge is 0.481 e. The zero-order valence-corrected chi connectivity index (χ0v) is 15.7. The number of likely N-dealkylation sites (N-methyl/N-ethyl adjacent to an activating group) is 1. The average Bonchev–Trinajstić information content (AvgIpc) is 3.14. The molecule has 0 radical (unpaired) electrons. The number of rotatable bonds is 7. The molecule has 9 heteroatoms. The van der Waals surface area contributed by atoms with Crippen molar-refractivity contribution in [2.24, 2.45) is 0 Å². The molecule has 2 N–H and O–H groups in total. The van der Waals surface area contributed by atoms with E-state index in [1.165, 1.54) is 31.3 Å². The molecule has 1 atom stereocenters. The fourth-order valence-electron chi connectivity index (χ4n) is 2.47. The van der Waals surface area contributed by atoms with Gasteiger partial charge in [0, 0.05) is 13.6 Å². The van der Waals surface area contributed by atoms with Crippen LogP contribution < -0.4 is 24.2 Å². The normalized spacial score (nSPS) is 13.9. The lowest BCUT2D eigenvalue weighted by Gasteiger charge is -2.13. The van der Waals surface area contributed by atoms with E-state index in [9.17, 15) is 13.2 Å². The predicted molar refractivity (Wildman–Crippen MR) is 97.2 cm³/mol. The maximum atomic E-state index is 12.5. The summed E-state index contributed by atoms with van der Waals surface area (Å²) in [6, 6.07) is 11.1. The van der Waals surface area contributed by atoms with Crippen molar-refractivity contribution >= 4 is 15.9 Å². The van der Waals surface area contributed by atoms with Crippen molar-refractivity contribution in [2.75, 3.05) is 13.8 Å². The van der Waals surface area contributed by atoms with E-state index in [-0.39, 0.29) is 24.1 Å². The zero-order valence-electron chi connectivity index (χ0n) is 14.9. The van der Waals surface area contributed by atoms with Gasteiger partial charge in [0.05, 0.1) is 4.90 Å². The number of carbonyl (C=O) groups is 1. The summed E-state index contributed by atoms with van der Waals surface area (Å²) in [5, 5.41) is 2.48. The molecule has 2 aromatic carbocycles. The summed E-state index contributed by atoms with van der Waals surface area (Å²) in [4.78, 5) is 11.6. The van der Waals surface area contributed by atoms with E-state index in [0.717, 1.165) is 5.56 Å². The van der Waals surface area contributed by atoms with Crippen molar-refractivity contribution in [3.8, 4) is 17.2 Å². The Morgan fingerprint density at radius 3 is 2.56 bits per heavy atom. The van der Waals surface area contributed by atoms with Gasteiger partial charge in [0.15, 0.2) is 17.6 Å². The molecule has 0 saturated heterocycles. The fourth-order valence-corrected chi connectivity index (χ4v) is 3.49. The highest BCUT2D eigenvalue weighted by atomic mass is 32.2. The van der Waals surface area contributed by atoms with Gasteiger partial charge < -0.3 is 19.5 Å². The molecular weight excluding hydrogens is 372 g/mol. The Kier molecular flexibility index (Phi) is 5.52. The fraction of sp³-hybridized carbons (Fsp3) is 0.278. The number of carbonyl (C=O) groups excluding carboxylic acids is 1. The quantitative estimate of drug-likeness (QED) is 0.739. The second kappa shape index (κ2) is 7.85. The summed E-state index contributed by atoms with van der Waals surface area (Å²) in [5.74, 6) is 1.37. The summed E-state index contributed by atoms with van der Waals surface area (Å²) in [6.07, 6.45) is -0.679. The highest BCUT2D eigenvalue weighted by Crippen LogP contribution is 2.32. The van der Waals surface area contributed by atoms with Gasteiger partial charge in [-0.3, -0.25) is 4.79 Å². The molecule has 8 nitrogen and oxygen atoms in total. The van der Waals surface area contributed by atoms with Gasteiger partial charge in [-0.2, -0.15) is 0 Å². The number of benzene rings is 2. The second-order valence-electron chi connectivity index (χ2n) is 5.86. The topological polar surface area (TPSA) is 103 Å². The van der Waals surface area contributed by atoms with Gasteiger partial charge in [0.25, 0.3) is 5.91 Å². The summed E-state index contributed by atoms with van der Waals surface area (Å²) in [6.45, 7) is 1.89. The maximum absolute atomic E-state index is 12.5.